The maximum absolute atomic E-state index is 12.2. The molecule has 0 saturated carbocycles. The summed E-state index contributed by atoms with van der Waals surface area (Å²) in [6, 6.07) is 11.2. The molecule has 0 aliphatic rings. The van der Waals surface area contributed by atoms with Crippen molar-refractivity contribution < 1.29 is 9.53 Å². The van der Waals surface area contributed by atoms with E-state index in [1.54, 1.807) is 11.6 Å². The minimum Gasteiger partial charge on any atom is -0.385 e. The van der Waals surface area contributed by atoms with Crippen LogP contribution in [-0.4, -0.2) is 52.5 Å². The van der Waals surface area contributed by atoms with E-state index in [1.807, 2.05) is 43.3 Å². The average molecular weight is 368 g/mol. The third kappa shape index (κ3) is 5.01. The summed E-state index contributed by atoms with van der Waals surface area (Å²) in [6.45, 7) is 3.93. The van der Waals surface area contributed by atoms with Gasteiger partial charge in [-0.05, 0) is 37.6 Å². The second kappa shape index (κ2) is 9.09. The van der Waals surface area contributed by atoms with Gasteiger partial charge in [0, 0.05) is 38.8 Å². The molecule has 0 bridgehead atoms. The first-order valence-corrected chi connectivity index (χ1v) is 8.96. The number of aromatic nitrogens is 4. The van der Waals surface area contributed by atoms with Crippen LogP contribution in [0.2, 0.25) is 0 Å². The molecule has 0 atom stereocenters. The summed E-state index contributed by atoms with van der Waals surface area (Å²) in [6.07, 6.45) is 1.44. The number of rotatable bonds is 9. The Hall–Kier alpha value is -3.00. The van der Waals surface area contributed by atoms with Crippen LogP contribution in [0.15, 0.2) is 36.4 Å². The molecule has 0 aliphatic heterocycles. The molecular weight excluding hydrogens is 344 g/mol. The van der Waals surface area contributed by atoms with Crippen LogP contribution in [0.4, 0.5) is 5.82 Å². The predicted molar refractivity (Wildman–Crippen MR) is 103 cm³/mol. The Labute approximate surface area is 157 Å². The smallest absolute Gasteiger partial charge is 0.251 e. The van der Waals surface area contributed by atoms with E-state index in [0.29, 0.717) is 36.6 Å². The summed E-state index contributed by atoms with van der Waals surface area (Å²) in [4.78, 5) is 12.2. The fourth-order valence-electron chi connectivity index (χ4n) is 2.61. The maximum Gasteiger partial charge on any atom is 0.251 e. The number of nitrogens with one attached hydrogen (secondary N) is 2. The van der Waals surface area contributed by atoms with Crippen molar-refractivity contribution in [3.63, 3.8) is 0 Å². The minimum atomic E-state index is -0.0997. The number of fused-ring (bicyclic) bond motifs is 1. The lowest BCUT2D eigenvalue weighted by atomic mass is 10.1. The maximum atomic E-state index is 12.2. The van der Waals surface area contributed by atoms with Crippen LogP contribution in [0.3, 0.4) is 0 Å². The highest BCUT2D eigenvalue weighted by atomic mass is 16.5. The van der Waals surface area contributed by atoms with Crippen LogP contribution in [0.5, 0.6) is 0 Å². The number of benzene rings is 1. The van der Waals surface area contributed by atoms with Crippen LogP contribution in [0.1, 0.15) is 28.2 Å². The highest BCUT2D eigenvalue weighted by Gasteiger charge is 2.09. The van der Waals surface area contributed by atoms with Crippen molar-refractivity contribution in [3.8, 4) is 0 Å². The summed E-state index contributed by atoms with van der Waals surface area (Å²) < 4.78 is 6.74. The fourth-order valence-corrected chi connectivity index (χ4v) is 2.61. The molecule has 2 aromatic heterocycles. The number of ether oxygens (including phenoxy) is 1. The Bertz CT molecular complexity index is 891. The van der Waals surface area contributed by atoms with Crippen LogP contribution in [-0.2, 0) is 11.2 Å². The molecule has 142 valence electrons. The second-order valence-corrected chi connectivity index (χ2v) is 6.25. The number of hydrogen-bond acceptors (Lipinski definition) is 6. The van der Waals surface area contributed by atoms with Crippen LogP contribution < -0.4 is 10.6 Å². The third-order valence-electron chi connectivity index (χ3n) is 4.11. The van der Waals surface area contributed by atoms with Crippen molar-refractivity contribution in [3.05, 3.63) is 53.3 Å². The van der Waals surface area contributed by atoms with Crippen molar-refractivity contribution in [1.29, 1.82) is 0 Å². The van der Waals surface area contributed by atoms with E-state index in [2.05, 4.69) is 25.9 Å². The minimum absolute atomic E-state index is 0.0997. The van der Waals surface area contributed by atoms with Gasteiger partial charge in [0.25, 0.3) is 5.91 Å². The molecule has 8 heteroatoms. The van der Waals surface area contributed by atoms with Crippen LogP contribution in [0.25, 0.3) is 5.65 Å². The lowest BCUT2D eigenvalue weighted by Gasteiger charge is -2.07. The Morgan fingerprint density at radius 3 is 2.70 bits per heavy atom. The lowest BCUT2D eigenvalue weighted by molar-refractivity contribution is 0.0954. The number of nitrogens with zero attached hydrogens (tertiary/aromatic N) is 4. The molecule has 0 spiro atoms. The summed E-state index contributed by atoms with van der Waals surface area (Å²) in [5, 5.41) is 19.0. The van der Waals surface area contributed by atoms with Gasteiger partial charge in [0.05, 0.1) is 0 Å². The molecule has 2 heterocycles. The summed E-state index contributed by atoms with van der Waals surface area (Å²) >= 11 is 0. The molecule has 8 nitrogen and oxygen atoms in total. The molecule has 1 aromatic carbocycles. The molecular formula is C19H24N6O2. The number of carbonyl (C=O) groups excluding carboxylic acids is 1. The first kappa shape index (κ1) is 18.8. The van der Waals surface area contributed by atoms with Gasteiger partial charge in [-0.25, -0.2) is 0 Å². The highest BCUT2D eigenvalue weighted by Crippen LogP contribution is 2.08. The van der Waals surface area contributed by atoms with Crippen LogP contribution in [0, 0.1) is 6.92 Å². The van der Waals surface area contributed by atoms with Crippen molar-refractivity contribution in [1.82, 2.24) is 25.1 Å². The monoisotopic (exact) mass is 368 g/mol. The normalized spacial score (nSPS) is 10.9. The summed E-state index contributed by atoms with van der Waals surface area (Å²) in [7, 11) is 1.69. The van der Waals surface area contributed by atoms with E-state index in [0.717, 1.165) is 24.3 Å². The van der Waals surface area contributed by atoms with Gasteiger partial charge in [0.2, 0.25) is 0 Å². The molecule has 0 saturated heterocycles. The van der Waals surface area contributed by atoms with Gasteiger partial charge in [-0.2, -0.15) is 4.52 Å². The zero-order valence-corrected chi connectivity index (χ0v) is 15.6. The number of anilines is 1. The van der Waals surface area contributed by atoms with Gasteiger partial charge < -0.3 is 15.4 Å². The number of hydrogen-bond donors (Lipinski definition) is 2. The molecule has 0 radical (unpaired) electrons. The van der Waals surface area contributed by atoms with Gasteiger partial charge >= 0.3 is 0 Å². The topological polar surface area (TPSA) is 93.4 Å². The van der Waals surface area contributed by atoms with Crippen molar-refractivity contribution in [2.75, 3.05) is 32.1 Å². The first-order chi connectivity index (χ1) is 13.2. The number of amides is 1. The zero-order chi connectivity index (χ0) is 19.1. The Kier molecular flexibility index (Phi) is 6.32. The Balaban J connectivity index is 1.57. The van der Waals surface area contributed by atoms with E-state index >= 15 is 0 Å². The molecule has 0 fully saturated rings. The average Bonchev–Trinajstić information content (AvgIpc) is 3.08. The van der Waals surface area contributed by atoms with Gasteiger partial charge in [-0.15, -0.1) is 15.3 Å². The highest BCUT2D eigenvalue weighted by molar-refractivity contribution is 5.94. The van der Waals surface area contributed by atoms with Gasteiger partial charge in [-0.3, -0.25) is 4.79 Å². The van der Waals surface area contributed by atoms with E-state index in [9.17, 15) is 4.79 Å². The summed E-state index contributed by atoms with van der Waals surface area (Å²) in [5.41, 5.74) is 2.45. The van der Waals surface area contributed by atoms with Gasteiger partial charge in [0.1, 0.15) is 5.82 Å². The lowest BCUT2D eigenvalue weighted by Crippen LogP contribution is -2.26. The van der Waals surface area contributed by atoms with Crippen LogP contribution >= 0.6 is 0 Å². The molecule has 1 amide bonds. The number of carbonyl (C=O) groups is 1. The number of aryl methyl sites for hydroxylation is 1. The van der Waals surface area contributed by atoms with Gasteiger partial charge in [0.15, 0.2) is 11.5 Å². The standard InChI is InChI=1S/C19H24N6O2/c1-14-4-6-15(7-5-14)19(26)21-12-10-18-23-22-17-9-8-16(24-25(17)18)20-11-3-13-27-2/h4-9H,3,10-13H2,1-2H3,(H,20,24)(H,21,26). The zero-order valence-electron chi connectivity index (χ0n) is 15.6. The fraction of sp³-hybridized carbons (Fsp3) is 0.368. The molecule has 3 rings (SSSR count). The molecule has 3 aromatic rings. The van der Waals surface area contributed by atoms with E-state index in [1.165, 1.54) is 0 Å². The van der Waals surface area contributed by atoms with E-state index < -0.39 is 0 Å². The molecule has 2 N–H and O–H groups in total. The molecule has 0 aliphatic carbocycles. The second-order valence-electron chi connectivity index (χ2n) is 6.25. The Morgan fingerprint density at radius 1 is 1.11 bits per heavy atom. The van der Waals surface area contributed by atoms with E-state index in [4.69, 9.17) is 4.74 Å². The SMILES string of the molecule is COCCCNc1ccc2nnc(CCNC(=O)c3ccc(C)cc3)n2n1. The van der Waals surface area contributed by atoms with Crippen molar-refractivity contribution >= 4 is 17.4 Å². The number of methoxy groups -OCH3 is 1. The van der Waals surface area contributed by atoms with Gasteiger partial charge in [-0.1, -0.05) is 17.7 Å². The van der Waals surface area contributed by atoms with E-state index in [-0.39, 0.29) is 5.91 Å². The summed E-state index contributed by atoms with van der Waals surface area (Å²) in [5.74, 6) is 1.36. The van der Waals surface area contributed by atoms with Crippen molar-refractivity contribution in [2.45, 2.75) is 19.8 Å². The Morgan fingerprint density at radius 2 is 1.93 bits per heavy atom. The molecule has 0 unspecified atom stereocenters. The third-order valence-corrected chi connectivity index (χ3v) is 4.11. The quantitative estimate of drug-likeness (QED) is 0.560. The first-order valence-electron chi connectivity index (χ1n) is 8.96. The molecule has 27 heavy (non-hydrogen) atoms. The largest absolute Gasteiger partial charge is 0.385 e. The predicted octanol–water partition coefficient (Wildman–Crippen LogP) is 1.85. The van der Waals surface area contributed by atoms with Crippen molar-refractivity contribution in [2.24, 2.45) is 0 Å².